The van der Waals surface area contributed by atoms with E-state index < -0.39 is 60.7 Å². The topological polar surface area (TPSA) is 81.9 Å². The van der Waals surface area contributed by atoms with Crippen LogP contribution in [0, 0.1) is 0 Å². The lowest BCUT2D eigenvalue weighted by atomic mass is 10.1. The second-order valence-electron chi connectivity index (χ2n) is 6.10. The van der Waals surface area contributed by atoms with Crippen LogP contribution in [0.3, 0.4) is 0 Å². The van der Waals surface area contributed by atoms with E-state index in [1.807, 2.05) is 0 Å². The van der Waals surface area contributed by atoms with Crippen LogP contribution in [0.5, 0.6) is 0 Å². The molecule has 0 aliphatic heterocycles. The average Bonchev–Trinajstić information content (AvgIpc) is 2.66. The molecule has 2 aromatic heterocycles. The molecular formula is C17H11F6N3O3S. The normalized spacial score (nSPS) is 13.0. The summed E-state index contributed by atoms with van der Waals surface area (Å²) in [5.41, 5.74) is -3.74. The summed E-state index contributed by atoms with van der Waals surface area (Å²) in [5, 5.41) is -0.506. The smallest absolute Gasteiger partial charge is 0.268 e. The quantitative estimate of drug-likeness (QED) is 0.569. The van der Waals surface area contributed by atoms with Gasteiger partial charge in [0.05, 0.1) is 27.8 Å². The molecule has 0 atom stereocenters. The summed E-state index contributed by atoms with van der Waals surface area (Å²) in [6.45, 7) is 1.18. The molecule has 0 unspecified atom stereocenters. The minimum atomic E-state index is -4.91. The Hall–Kier alpha value is -2.96. The standard InChI is InChI=1S/C17H11F6N3O3S/c1-2-30(28,29)13-6-10(17(21,22)23)7-24-14(13)26-8-25-12-4-3-9(16(18,19)20)5-11(12)15(26)27/h3-8H,2H2,1H3. The Bertz CT molecular complexity index is 1300. The first-order valence-corrected chi connectivity index (χ1v) is 9.80. The lowest BCUT2D eigenvalue weighted by Crippen LogP contribution is -2.24. The third-order valence-electron chi connectivity index (χ3n) is 4.19. The molecule has 0 aliphatic carbocycles. The number of halogens is 6. The van der Waals surface area contributed by atoms with Gasteiger partial charge in [-0.15, -0.1) is 0 Å². The summed E-state index contributed by atoms with van der Waals surface area (Å²) >= 11 is 0. The van der Waals surface area contributed by atoms with E-state index in [1.54, 1.807) is 0 Å². The van der Waals surface area contributed by atoms with Crippen LogP contribution in [-0.4, -0.2) is 28.7 Å². The molecule has 0 spiro atoms. The molecule has 0 aliphatic rings. The fourth-order valence-electron chi connectivity index (χ4n) is 2.61. The number of aromatic nitrogens is 3. The van der Waals surface area contributed by atoms with Crippen LogP contribution in [0.1, 0.15) is 18.1 Å². The monoisotopic (exact) mass is 451 g/mol. The predicted octanol–water partition coefficient (Wildman–Crippen LogP) is 3.61. The number of alkyl halides is 6. The van der Waals surface area contributed by atoms with E-state index in [1.165, 1.54) is 6.92 Å². The Balaban J connectivity index is 2.35. The maximum atomic E-state index is 13.0. The maximum Gasteiger partial charge on any atom is 0.417 e. The molecule has 2 heterocycles. The second kappa shape index (κ2) is 7.07. The summed E-state index contributed by atoms with van der Waals surface area (Å²) < 4.78 is 103. The molecule has 0 saturated carbocycles. The first-order valence-electron chi connectivity index (χ1n) is 8.14. The summed E-state index contributed by atoms with van der Waals surface area (Å²) in [6, 6.07) is 2.51. The van der Waals surface area contributed by atoms with Gasteiger partial charge in [-0.05, 0) is 24.3 Å². The lowest BCUT2D eigenvalue weighted by Gasteiger charge is -2.14. The molecule has 3 rings (SSSR count). The highest BCUT2D eigenvalue weighted by Crippen LogP contribution is 2.33. The van der Waals surface area contributed by atoms with E-state index in [-0.39, 0.29) is 5.52 Å². The van der Waals surface area contributed by atoms with Crippen molar-refractivity contribution in [3.05, 3.63) is 58.3 Å². The van der Waals surface area contributed by atoms with Crippen molar-refractivity contribution in [3.8, 4) is 5.82 Å². The Labute approximate surface area is 164 Å². The van der Waals surface area contributed by atoms with Crippen molar-refractivity contribution in [1.82, 2.24) is 14.5 Å². The van der Waals surface area contributed by atoms with Crippen molar-refractivity contribution in [1.29, 1.82) is 0 Å². The molecule has 1 aromatic carbocycles. The largest absolute Gasteiger partial charge is 0.417 e. The summed E-state index contributed by atoms with van der Waals surface area (Å²) in [5.74, 6) is -1.29. The number of hydrogen-bond acceptors (Lipinski definition) is 5. The van der Waals surface area contributed by atoms with Crippen molar-refractivity contribution < 1.29 is 34.8 Å². The van der Waals surface area contributed by atoms with Crippen LogP contribution in [0.2, 0.25) is 0 Å². The molecule has 160 valence electrons. The zero-order valence-electron chi connectivity index (χ0n) is 14.9. The van der Waals surface area contributed by atoms with E-state index in [0.29, 0.717) is 29.0 Å². The molecule has 0 saturated heterocycles. The fourth-order valence-corrected chi connectivity index (χ4v) is 3.65. The van der Waals surface area contributed by atoms with Crippen LogP contribution in [-0.2, 0) is 22.2 Å². The highest BCUT2D eigenvalue weighted by atomic mass is 32.2. The minimum Gasteiger partial charge on any atom is -0.268 e. The predicted molar refractivity (Wildman–Crippen MR) is 92.9 cm³/mol. The van der Waals surface area contributed by atoms with E-state index in [4.69, 9.17) is 0 Å². The molecule has 6 nitrogen and oxygen atoms in total. The van der Waals surface area contributed by atoms with Crippen molar-refractivity contribution in [3.63, 3.8) is 0 Å². The zero-order valence-corrected chi connectivity index (χ0v) is 15.7. The van der Waals surface area contributed by atoms with E-state index in [2.05, 4.69) is 9.97 Å². The van der Waals surface area contributed by atoms with Crippen LogP contribution in [0.15, 0.2) is 46.5 Å². The van der Waals surface area contributed by atoms with Gasteiger partial charge in [0.15, 0.2) is 15.7 Å². The van der Waals surface area contributed by atoms with Gasteiger partial charge in [0.25, 0.3) is 5.56 Å². The van der Waals surface area contributed by atoms with Crippen LogP contribution in [0.4, 0.5) is 26.3 Å². The SMILES string of the molecule is CCS(=O)(=O)c1cc(C(F)(F)F)cnc1-n1cnc2ccc(C(F)(F)F)cc2c1=O. The maximum absolute atomic E-state index is 13.0. The summed E-state index contributed by atoms with van der Waals surface area (Å²) in [4.78, 5) is 19.1. The second-order valence-corrected chi connectivity index (χ2v) is 8.34. The van der Waals surface area contributed by atoms with Gasteiger partial charge in [-0.25, -0.2) is 23.0 Å². The number of rotatable bonds is 3. The highest BCUT2D eigenvalue weighted by Gasteiger charge is 2.34. The van der Waals surface area contributed by atoms with Gasteiger partial charge >= 0.3 is 12.4 Å². The van der Waals surface area contributed by atoms with Gasteiger partial charge in [-0.1, -0.05) is 6.92 Å². The molecule has 13 heteroatoms. The van der Waals surface area contributed by atoms with Gasteiger partial charge < -0.3 is 0 Å². The number of fused-ring (bicyclic) bond motifs is 1. The summed E-state index contributed by atoms with van der Waals surface area (Å²) in [7, 11) is -4.29. The molecule has 0 N–H and O–H groups in total. The molecule has 0 amide bonds. The highest BCUT2D eigenvalue weighted by molar-refractivity contribution is 7.91. The van der Waals surface area contributed by atoms with Crippen molar-refractivity contribution in [2.24, 2.45) is 0 Å². The van der Waals surface area contributed by atoms with Crippen molar-refractivity contribution in [2.75, 3.05) is 5.75 Å². The number of benzene rings is 1. The van der Waals surface area contributed by atoms with Crippen molar-refractivity contribution >= 4 is 20.7 Å². The average molecular weight is 451 g/mol. The number of hydrogen-bond donors (Lipinski definition) is 0. The Morgan fingerprint density at radius 1 is 0.967 bits per heavy atom. The van der Waals surface area contributed by atoms with Gasteiger partial charge in [-0.3, -0.25) is 4.79 Å². The van der Waals surface area contributed by atoms with Gasteiger partial charge in [0.1, 0.15) is 11.2 Å². The third-order valence-corrected chi connectivity index (χ3v) is 5.92. The third kappa shape index (κ3) is 3.88. The lowest BCUT2D eigenvalue weighted by molar-refractivity contribution is -0.138. The van der Waals surface area contributed by atoms with E-state index in [0.717, 1.165) is 12.4 Å². The molecular weight excluding hydrogens is 440 g/mol. The van der Waals surface area contributed by atoms with Gasteiger partial charge in [0, 0.05) is 6.20 Å². The first-order chi connectivity index (χ1) is 13.8. The first kappa shape index (κ1) is 21.7. The Morgan fingerprint density at radius 2 is 1.60 bits per heavy atom. The minimum absolute atomic E-state index is 0.115. The molecule has 30 heavy (non-hydrogen) atoms. The zero-order chi connectivity index (χ0) is 22.5. The molecule has 3 aromatic rings. The fraction of sp³-hybridized carbons (Fsp3) is 0.235. The number of nitrogens with zero attached hydrogens (tertiary/aromatic N) is 3. The Kier molecular flexibility index (Phi) is 5.13. The van der Waals surface area contributed by atoms with Crippen LogP contribution < -0.4 is 5.56 Å². The van der Waals surface area contributed by atoms with E-state index >= 15 is 0 Å². The number of pyridine rings is 1. The molecule has 0 fully saturated rings. The van der Waals surface area contributed by atoms with Crippen LogP contribution in [0.25, 0.3) is 16.7 Å². The van der Waals surface area contributed by atoms with Gasteiger partial charge in [-0.2, -0.15) is 26.3 Å². The molecule has 0 radical (unpaired) electrons. The number of sulfone groups is 1. The van der Waals surface area contributed by atoms with Crippen molar-refractivity contribution in [2.45, 2.75) is 24.2 Å². The molecule has 0 bridgehead atoms. The van der Waals surface area contributed by atoms with Gasteiger partial charge in [0.2, 0.25) is 0 Å². The Morgan fingerprint density at radius 3 is 2.17 bits per heavy atom. The van der Waals surface area contributed by atoms with Crippen LogP contribution >= 0.6 is 0 Å². The van der Waals surface area contributed by atoms with E-state index in [9.17, 15) is 39.6 Å². The summed E-state index contributed by atoms with van der Waals surface area (Å²) in [6.07, 6.45) is -8.54.